The number of hydrogen-bond donors (Lipinski definition) is 2. The standard InChI is InChI=1S/C22H21FN2O3/c1-27-20-11-10-19(14-21(20)28-2)24-17-6-8-18(9-7-17)25-22(26)13-15-4-3-5-16(23)12-15/h3-12,14,24H,13H2,1-2H3,(H,25,26). The van der Waals surface area contributed by atoms with Gasteiger partial charge in [0.05, 0.1) is 20.6 Å². The molecule has 28 heavy (non-hydrogen) atoms. The molecule has 5 nitrogen and oxygen atoms in total. The summed E-state index contributed by atoms with van der Waals surface area (Å²) in [5.74, 6) is 0.736. The Hall–Kier alpha value is -3.54. The lowest BCUT2D eigenvalue weighted by Crippen LogP contribution is -2.14. The first-order chi connectivity index (χ1) is 13.6. The summed E-state index contributed by atoms with van der Waals surface area (Å²) in [4.78, 5) is 12.1. The first kappa shape index (κ1) is 19.2. The van der Waals surface area contributed by atoms with Crippen molar-refractivity contribution >= 4 is 23.0 Å². The third kappa shape index (κ3) is 5.01. The van der Waals surface area contributed by atoms with Crippen LogP contribution >= 0.6 is 0 Å². The number of halogens is 1. The summed E-state index contributed by atoms with van der Waals surface area (Å²) in [5.41, 5.74) is 3.00. The van der Waals surface area contributed by atoms with Crippen LogP contribution in [0.3, 0.4) is 0 Å². The second kappa shape index (κ2) is 8.90. The molecule has 2 N–H and O–H groups in total. The van der Waals surface area contributed by atoms with Crippen LogP contribution in [-0.2, 0) is 11.2 Å². The Balaban J connectivity index is 1.61. The molecule has 3 aromatic carbocycles. The van der Waals surface area contributed by atoms with Gasteiger partial charge in [0.15, 0.2) is 11.5 Å². The number of nitrogens with one attached hydrogen (secondary N) is 2. The van der Waals surface area contributed by atoms with Gasteiger partial charge >= 0.3 is 0 Å². The highest BCUT2D eigenvalue weighted by Gasteiger charge is 2.07. The number of carbonyl (C=O) groups is 1. The third-order valence-electron chi connectivity index (χ3n) is 4.09. The number of ether oxygens (including phenoxy) is 2. The van der Waals surface area contributed by atoms with Gasteiger partial charge in [-0.05, 0) is 54.1 Å². The molecule has 0 saturated carbocycles. The van der Waals surface area contributed by atoms with Crippen LogP contribution in [0.25, 0.3) is 0 Å². The van der Waals surface area contributed by atoms with Crippen molar-refractivity contribution in [1.29, 1.82) is 0 Å². The molecule has 0 aliphatic rings. The van der Waals surface area contributed by atoms with Crippen LogP contribution in [0.2, 0.25) is 0 Å². The molecule has 3 aromatic rings. The summed E-state index contributed by atoms with van der Waals surface area (Å²) in [5, 5.41) is 6.08. The molecule has 3 rings (SSSR count). The van der Waals surface area contributed by atoms with Crippen molar-refractivity contribution in [2.45, 2.75) is 6.42 Å². The Morgan fingerprint density at radius 2 is 1.54 bits per heavy atom. The van der Waals surface area contributed by atoms with E-state index in [1.807, 2.05) is 30.3 Å². The van der Waals surface area contributed by atoms with Crippen LogP contribution in [0.4, 0.5) is 21.5 Å². The Morgan fingerprint density at radius 1 is 0.857 bits per heavy atom. The summed E-state index contributed by atoms with van der Waals surface area (Å²) in [6.45, 7) is 0. The number of anilines is 3. The number of rotatable bonds is 7. The monoisotopic (exact) mass is 380 g/mol. The van der Waals surface area contributed by atoms with Gasteiger partial charge in [-0.2, -0.15) is 0 Å². The fourth-order valence-corrected chi connectivity index (χ4v) is 2.76. The van der Waals surface area contributed by atoms with Gasteiger partial charge in [0.25, 0.3) is 0 Å². The minimum Gasteiger partial charge on any atom is -0.493 e. The Kier molecular flexibility index (Phi) is 6.11. The molecule has 0 aliphatic heterocycles. The second-order valence-corrected chi connectivity index (χ2v) is 6.13. The zero-order valence-electron chi connectivity index (χ0n) is 15.7. The molecular formula is C22H21FN2O3. The van der Waals surface area contributed by atoms with Crippen LogP contribution in [-0.4, -0.2) is 20.1 Å². The third-order valence-corrected chi connectivity index (χ3v) is 4.09. The maximum Gasteiger partial charge on any atom is 0.228 e. The van der Waals surface area contributed by atoms with Crippen molar-refractivity contribution in [3.05, 3.63) is 78.1 Å². The fourth-order valence-electron chi connectivity index (χ4n) is 2.76. The number of carbonyl (C=O) groups excluding carboxylic acids is 1. The van der Waals surface area contributed by atoms with E-state index in [1.165, 1.54) is 12.1 Å². The van der Waals surface area contributed by atoms with Gasteiger partial charge in [0.1, 0.15) is 5.82 Å². The average Bonchev–Trinajstić information content (AvgIpc) is 2.69. The van der Waals surface area contributed by atoms with Crippen molar-refractivity contribution in [2.24, 2.45) is 0 Å². The lowest BCUT2D eigenvalue weighted by molar-refractivity contribution is -0.115. The van der Waals surface area contributed by atoms with E-state index < -0.39 is 0 Å². The van der Waals surface area contributed by atoms with Gasteiger partial charge in [-0.25, -0.2) is 4.39 Å². The van der Waals surface area contributed by atoms with Crippen molar-refractivity contribution in [1.82, 2.24) is 0 Å². The Bertz CT molecular complexity index is 958. The number of benzene rings is 3. The molecule has 0 atom stereocenters. The van der Waals surface area contributed by atoms with Gasteiger partial charge in [0, 0.05) is 23.1 Å². The lowest BCUT2D eigenvalue weighted by Gasteiger charge is -2.12. The molecule has 0 heterocycles. The van der Waals surface area contributed by atoms with Crippen LogP contribution in [0.1, 0.15) is 5.56 Å². The predicted octanol–water partition coefficient (Wildman–Crippen LogP) is 4.77. The minimum atomic E-state index is -0.351. The molecule has 0 unspecified atom stereocenters. The van der Waals surface area contributed by atoms with Gasteiger partial charge in [-0.1, -0.05) is 12.1 Å². The van der Waals surface area contributed by atoms with E-state index in [0.717, 1.165) is 11.4 Å². The zero-order chi connectivity index (χ0) is 19.9. The molecule has 0 aromatic heterocycles. The van der Waals surface area contributed by atoms with Crippen LogP contribution in [0.15, 0.2) is 66.7 Å². The van der Waals surface area contributed by atoms with Crippen molar-refractivity contribution in [3.63, 3.8) is 0 Å². The maximum atomic E-state index is 13.2. The first-order valence-corrected chi connectivity index (χ1v) is 8.71. The number of methoxy groups -OCH3 is 2. The minimum absolute atomic E-state index is 0.114. The summed E-state index contributed by atoms with van der Waals surface area (Å²) < 4.78 is 23.7. The van der Waals surface area contributed by atoms with Crippen molar-refractivity contribution in [3.8, 4) is 11.5 Å². The summed E-state index contributed by atoms with van der Waals surface area (Å²) in [6, 6.07) is 18.9. The van der Waals surface area contributed by atoms with E-state index >= 15 is 0 Å². The van der Waals surface area contributed by atoms with E-state index in [4.69, 9.17) is 9.47 Å². The SMILES string of the molecule is COc1ccc(Nc2ccc(NC(=O)Cc3cccc(F)c3)cc2)cc1OC. The van der Waals surface area contributed by atoms with Gasteiger partial charge < -0.3 is 20.1 Å². The molecule has 144 valence electrons. The van der Waals surface area contributed by atoms with Gasteiger partial charge in [-0.3, -0.25) is 4.79 Å². The zero-order valence-corrected chi connectivity index (χ0v) is 15.7. The van der Waals surface area contributed by atoms with Crippen LogP contribution in [0, 0.1) is 5.82 Å². The predicted molar refractivity (Wildman–Crippen MR) is 108 cm³/mol. The van der Waals surface area contributed by atoms with E-state index in [9.17, 15) is 9.18 Å². The highest BCUT2D eigenvalue weighted by atomic mass is 19.1. The van der Waals surface area contributed by atoms with Crippen molar-refractivity contribution in [2.75, 3.05) is 24.9 Å². The average molecular weight is 380 g/mol. The van der Waals surface area contributed by atoms with Crippen LogP contribution < -0.4 is 20.1 Å². The molecule has 0 saturated heterocycles. The molecule has 0 bridgehead atoms. The number of amides is 1. The molecule has 0 spiro atoms. The first-order valence-electron chi connectivity index (χ1n) is 8.71. The molecular weight excluding hydrogens is 359 g/mol. The van der Waals surface area contributed by atoms with E-state index in [0.29, 0.717) is 22.7 Å². The quantitative estimate of drug-likeness (QED) is 0.620. The highest BCUT2D eigenvalue weighted by Crippen LogP contribution is 2.31. The Labute approximate surface area is 163 Å². The van der Waals surface area contributed by atoms with E-state index in [1.54, 1.807) is 38.5 Å². The highest BCUT2D eigenvalue weighted by molar-refractivity contribution is 5.92. The normalized spacial score (nSPS) is 10.2. The van der Waals surface area contributed by atoms with Gasteiger partial charge in [0.2, 0.25) is 5.91 Å². The largest absolute Gasteiger partial charge is 0.493 e. The maximum absolute atomic E-state index is 13.2. The summed E-state index contributed by atoms with van der Waals surface area (Å²) >= 11 is 0. The molecule has 0 radical (unpaired) electrons. The molecule has 0 aliphatic carbocycles. The molecule has 0 fully saturated rings. The topological polar surface area (TPSA) is 59.6 Å². The van der Waals surface area contributed by atoms with E-state index in [-0.39, 0.29) is 18.1 Å². The van der Waals surface area contributed by atoms with Crippen molar-refractivity contribution < 1.29 is 18.7 Å². The molecule has 6 heteroatoms. The van der Waals surface area contributed by atoms with Gasteiger partial charge in [-0.15, -0.1) is 0 Å². The van der Waals surface area contributed by atoms with E-state index in [2.05, 4.69) is 10.6 Å². The summed E-state index contributed by atoms with van der Waals surface area (Å²) in [7, 11) is 3.18. The smallest absolute Gasteiger partial charge is 0.228 e. The van der Waals surface area contributed by atoms with Crippen LogP contribution in [0.5, 0.6) is 11.5 Å². The second-order valence-electron chi connectivity index (χ2n) is 6.13. The number of hydrogen-bond acceptors (Lipinski definition) is 4. The lowest BCUT2D eigenvalue weighted by atomic mass is 10.1. The Morgan fingerprint density at radius 3 is 2.21 bits per heavy atom. The molecule has 1 amide bonds. The summed E-state index contributed by atoms with van der Waals surface area (Å²) in [6.07, 6.45) is 0.114. The fraction of sp³-hybridized carbons (Fsp3) is 0.136.